The molecule has 1 aliphatic rings. The Kier molecular flexibility index (Phi) is 3.64. The Bertz CT molecular complexity index is 406. The number of piperidine rings is 1. The molecule has 4 heteroatoms. The summed E-state index contributed by atoms with van der Waals surface area (Å²) in [6, 6.07) is 7.74. The molecule has 1 aromatic carbocycles. The standard InChI is InChI=1S/C13H18N2O2/c1-17-13(16)10-4-2-6-12(8-10)15-7-3-5-11(14)9-15/h2,4,6,8,11H,3,5,7,9,14H2,1H3. The summed E-state index contributed by atoms with van der Waals surface area (Å²) in [6.45, 7) is 1.85. The van der Waals surface area contributed by atoms with Gasteiger partial charge in [-0.3, -0.25) is 0 Å². The molecule has 1 unspecified atom stereocenters. The quantitative estimate of drug-likeness (QED) is 0.786. The number of esters is 1. The number of anilines is 1. The van der Waals surface area contributed by atoms with Gasteiger partial charge in [-0.25, -0.2) is 4.79 Å². The number of nitrogens with zero attached hydrogens (tertiary/aromatic N) is 1. The summed E-state index contributed by atoms with van der Waals surface area (Å²) < 4.78 is 4.72. The highest BCUT2D eigenvalue weighted by atomic mass is 16.5. The summed E-state index contributed by atoms with van der Waals surface area (Å²) in [7, 11) is 1.39. The minimum atomic E-state index is -0.298. The first-order valence-electron chi connectivity index (χ1n) is 5.89. The van der Waals surface area contributed by atoms with Gasteiger partial charge in [0.25, 0.3) is 0 Å². The second kappa shape index (κ2) is 5.19. The summed E-state index contributed by atoms with van der Waals surface area (Å²) in [5.41, 5.74) is 7.58. The highest BCUT2D eigenvalue weighted by Gasteiger charge is 2.17. The molecule has 0 amide bonds. The second-order valence-electron chi connectivity index (χ2n) is 4.39. The Balaban J connectivity index is 2.17. The fourth-order valence-corrected chi connectivity index (χ4v) is 2.19. The maximum atomic E-state index is 11.4. The topological polar surface area (TPSA) is 55.6 Å². The van der Waals surface area contributed by atoms with E-state index in [9.17, 15) is 4.79 Å². The number of ether oxygens (including phenoxy) is 1. The average Bonchev–Trinajstić information content (AvgIpc) is 2.38. The van der Waals surface area contributed by atoms with Crippen LogP contribution in [0.1, 0.15) is 23.2 Å². The first-order chi connectivity index (χ1) is 8.20. The highest BCUT2D eigenvalue weighted by Crippen LogP contribution is 2.20. The van der Waals surface area contributed by atoms with Crippen molar-refractivity contribution >= 4 is 11.7 Å². The van der Waals surface area contributed by atoms with Crippen molar-refractivity contribution in [2.45, 2.75) is 18.9 Å². The van der Waals surface area contributed by atoms with Gasteiger partial charge in [-0.1, -0.05) is 6.07 Å². The number of hydrogen-bond donors (Lipinski definition) is 1. The fourth-order valence-electron chi connectivity index (χ4n) is 2.19. The van der Waals surface area contributed by atoms with Gasteiger partial charge in [-0.05, 0) is 31.0 Å². The summed E-state index contributed by atoms with van der Waals surface area (Å²) >= 11 is 0. The van der Waals surface area contributed by atoms with Crippen LogP contribution >= 0.6 is 0 Å². The van der Waals surface area contributed by atoms with Gasteiger partial charge in [0.1, 0.15) is 0 Å². The second-order valence-corrected chi connectivity index (χ2v) is 4.39. The van der Waals surface area contributed by atoms with Crippen LogP contribution in [0, 0.1) is 0 Å². The summed E-state index contributed by atoms with van der Waals surface area (Å²) in [5.74, 6) is -0.298. The van der Waals surface area contributed by atoms with Crippen LogP contribution in [-0.2, 0) is 4.74 Å². The zero-order valence-electron chi connectivity index (χ0n) is 10.1. The van der Waals surface area contributed by atoms with Crippen LogP contribution < -0.4 is 10.6 Å². The smallest absolute Gasteiger partial charge is 0.337 e. The van der Waals surface area contributed by atoms with Crippen molar-refractivity contribution in [3.8, 4) is 0 Å². The van der Waals surface area contributed by atoms with Gasteiger partial charge in [-0.15, -0.1) is 0 Å². The molecular weight excluding hydrogens is 216 g/mol. The normalized spacial score (nSPS) is 20.1. The SMILES string of the molecule is COC(=O)c1cccc(N2CCCC(N)C2)c1. The van der Waals surface area contributed by atoms with Crippen molar-refractivity contribution in [3.05, 3.63) is 29.8 Å². The van der Waals surface area contributed by atoms with E-state index >= 15 is 0 Å². The number of nitrogens with two attached hydrogens (primary N) is 1. The molecule has 1 saturated heterocycles. The van der Waals surface area contributed by atoms with Crippen molar-refractivity contribution in [1.82, 2.24) is 0 Å². The molecule has 0 aromatic heterocycles. The number of carbonyl (C=O) groups is 1. The molecule has 2 N–H and O–H groups in total. The number of hydrogen-bond acceptors (Lipinski definition) is 4. The molecular formula is C13H18N2O2. The minimum Gasteiger partial charge on any atom is -0.465 e. The molecule has 4 nitrogen and oxygen atoms in total. The summed E-state index contributed by atoms with van der Waals surface area (Å²) in [6.07, 6.45) is 2.18. The molecule has 2 rings (SSSR count). The van der Waals surface area contributed by atoms with E-state index in [0.717, 1.165) is 31.6 Å². The molecule has 17 heavy (non-hydrogen) atoms. The number of benzene rings is 1. The molecule has 0 aliphatic carbocycles. The third-order valence-corrected chi connectivity index (χ3v) is 3.09. The Labute approximate surface area is 101 Å². The third kappa shape index (κ3) is 2.77. The Hall–Kier alpha value is -1.55. The Morgan fingerprint density at radius 3 is 3.06 bits per heavy atom. The van der Waals surface area contributed by atoms with Crippen LogP contribution in [0.25, 0.3) is 0 Å². The van der Waals surface area contributed by atoms with Crippen LogP contribution in [0.4, 0.5) is 5.69 Å². The van der Waals surface area contributed by atoms with Gasteiger partial charge in [0.2, 0.25) is 0 Å². The molecule has 0 bridgehead atoms. The first kappa shape index (κ1) is 11.9. The lowest BCUT2D eigenvalue weighted by molar-refractivity contribution is 0.0601. The molecule has 0 saturated carbocycles. The first-order valence-corrected chi connectivity index (χ1v) is 5.89. The van der Waals surface area contributed by atoms with Gasteiger partial charge in [-0.2, -0.15) is 0 Å². The van der Waals surface area contributed by atoms with Crippen LogP contribution in [0.15, 0.2) is 24.3 Å². The number of rotatable bonds is 2. The van der Waals surface area contributed by atoms with E-state index < -0.39 is 0 Å². The van der Waals surface area contributed by atoms with Crippen molar-refractivity contribution in [2.24, 2.45) is 5.73 Å². The molecule has 92 valence electrons. The molecule has 0 radical (unpaired) electrons. The van der Waals surface area contributed by atoms with Gasteiger partial charge in [0.05, 0.1) is 12.7 Å². The fraction of sp³-hybridized carbons (Fsp3) is 0.462. The van der Waals surface area contributed by atoms with Crippen molar-refractivity contribution in [3.63, 3.8) is 0 Å². The van der Waals surface area contributed by atoms with E-state index in [1.165, 1.54) is 7.11 Å². The summed E-state index contributed by atoms with van der Waals surface area (Å²) in [4.78, 5) is 13.7. The maximum Gasteiger partial charge on any atom is 0.337 e. The van der Waals surface area contributed by atoms with E-state index in [1.54, 1.807) is 6.07 Å². The molecule has 1 aliphatic heterocycles. The van der Waals surface area contributed by atoms with Crippen LogP contribution in [0.2, 0.25) is 0 Å². The van der Waals surface area contributed by atoms with Crippen LogP contribution in [0.3, 0.4) is 0 Å². The maximum absolute atomic E-state index is 11.4. The van der Waals surface area contributed by atoms with Crippen molar-refractivity contribution in [2.75, 3.05) is 25.1 Å². The Morgan fingerprint density at radius 1 is 1.53 bits per heavy atom. The lowest BCUT2D eigenvalue weighted by Crippen LogP contribution is -2.42. The summed E-state index contributed by atoms with van der Waals surface area (Å²) in [5, 5.41) is 0. The predicted molar refractivity (Wildman–Crippen MR) is 67.2 cm³/mol. The third-order valence-electron chi connectivity index (χ3n) is 3.09. The van der Waals surface area contributed by atoms with E-state index in [0.29, 0.717) is 5.56 Å². The van der Waals surface area contributed by atoms with Crippen LogP contribution in [-0.4, -0.2) is 32.2 Å². The molecule has 1 fully saturated rings. The lowest BCUT2D eigenvalue weighted by atomic mass is 10.1. The van der Waals surface area contributed by atoms with Gasteiger partial charge in [0, 0.05) is 24.8 Å². The van der Waals surface area contributed by atoms with Gasteiger partial charge >= 0.3 is 5.97 Å². The zero-order valence-corrected chi connectivity index (χ0v) is 10.1. The van der Waals surface area contributed by atoms with E-state index in [2.05, 4.69) is 4.90 Å². The minimum absolute atomic E-state index is 0.227. The largest absolute Gasteiger partial charge is 0.465 e. The lowest BCUT2D eigenvalue weighted by Gasteiger charge is -2.32. The number of carbonyl (C=O) groups excluding carboxylic acids is 1. The van der Waals surface area contributed by atoms with Crippen molar-refractivity contribution < 1.29 is 9.53 Å². The molecule has 1 aromatic rings. The molecule has 0 spiro atoms. The predicted octanol–water partition coefficient (Wildman–Crippen LogP) is 1.40. The Morgan fingerprint density at radius 2 is 2.35 bits per heavy atom. The monoisotopic (exact) mass is 234 g/mol. The van der Waals surface area contributed by atoms with E-state index in [1.807, 2.05) is 18.2 Å². The molecule has 1 atom stereocenters. The van der Waals surface area contributed by atoms with Crippen molar-refractivity contribution in [1.29, 1.82) is 0 Å². The van der Waals surface area contributed by atoms with Gasteiger partial charge < -0.3 is 15.4 Å². The highest BCUT2D eigenvalue weighted by molar-refractivity contribution is 5.90. The van der Waals surface area contributed by atoms with Gasteiger partial charge in [0.15, 0.2) is 0 Å². The molecule has 1 heterocycles. The van der Waals surface area contributed by atoms with E-state index in [-0.39, 0.29) is 12.0 Å². The van der Waals surface area contributed by atoms with E-state index in [4.69, 9.17) is 10.5 Å². The average molecular weight is 234 g/mol. The zero-order chi connectivity index (χ0) is 12.3. The van der Waals surface area contributed by atoms with Crippen LogP contribution in [0.5, 0.6) is 0 Å². The number of methoxy groups -OCH3 is 1.